The van der Waals surface area contributed by atoms with Crippen LogP contribution >= 0.6 is 0 Å². The largest absolute Gasteiger partial charge is 0.481 e. The first-order valence-corrected chi connectivity index (χ1v) is 30.9. The van der Waals surface area contributed by atoms with E-state index in [9.17, 15) is 82.8 Å². The molecule has 0 unspecified atom stereocenters. The molecule has 0 aromatic carbocycles. The Morgan fingerprint density at radius 3 is 1.26 bits per heavy atom. The molecule has 0 rings (SSSR count). The van der Waals surface area contributed by atoms with Crippen LogP contribution in [-0.2, 0) is 81.3 Å². The van der Waals surface area contributed by atoms with Gasteiger partial charge in [0.1, 0.15) is 42.9 Å². The Balaban J connectivity index is 4.11. The molecule has 0 bridgehead atoms. The summed E-state index contributed by atoms with van der Waals surface area (Å²) in [6, 6.07) is -4.13. The summed E-state index contributed by atoms with van der Waals surface area (Å²) in [5, 5.41) is 59.4. The van der Waals surface area contributed by atoms with E-state index in [1.54, 1.807) is 0 Å². The number of hydrogen-bond donors (Lipinski definition) is 10. The number of carboxylic acid groups (broad SMARTS) is 5. The molecule has 498 valence electrons. The van der Waals surface area contributed by atoms with Gasteiger partial charge in [0.25, 0.3) is 0 Å². The molecule has 0 saturated carbocycles. The normalized spacial score (nSPS) is 12.8. The predicted molar refractivity (Wildman–Crippen MR) is 315 cm³/mol. The highest BCUT2D eigenvalue weighted by Crippen LogP contribution is 2.17. The summed E-state index contributed by atoms with van der Waals surface area (Å²) < 4.78 is 21.4. The minimum atomic E-state index is -1.51. The molecule has 0 aliphatic heterocycles. The van der Waals surface area contributed by atoms with Crippen molar-refractivity contribution in [3.05, 3.63) is 0 Å². The van der Waals surface area contributed by atoms with E-state index in [1.807, 2.05) is 6.92 Å². The van der Waals surface area contributed by atoms with E-state index in [1.165, 1.54) is 39.0 Å². The molecule has 5 amide bonds. The van der Waals surface area contributed by atoms with Crippen LogP contribution in [0.5, 0.6) is 0 Å². The topological polar surface area (TPSA) is 420 Å². The molecule has 87 heavy (non-hydrogen) atoms. The molecule has 0 heterocycles. The van der Waals surface area contributed by atoms with Crippen LogP contribution in [0.15, 0.2) is 0 Å². The summed E-state index contributed by atoms with van der Waals surface area (Å²) in [5.74, 6) is -11.2. The van der Waals surface area contributed by atoms with Crippen molar-refractivity contribution in [1.29, 1.82) is 0 Å². The zero-order chi connectivity index (χ0) is 65.0. The number of ketones is 3. The number of unbranched alkanes of at least 4 members (excludes halogenated alkanes) is 14. The minimum absolute atomic E-state index is 0.0455. The minimum Gasteiger partial charge on any atom is -0.481 e. The van der Waals surface area contributed by atoms with Crippen LogP contribution in [0.25, 0.3) is 0 Å². The molecule has 0 saturated heterocycles. The molecule has 10 N–H and O–H groups in total. The molecule has 0 aromatic rings. The van der Waals surface area contributed by atoms with Gasteiger partial charge in [0.05, 0.1) is 39.0 Å². The lowest BCUT2D eigenvalue weighted by Gasteiger charge is -2.17. The number of Topliss-reactive ketones (excluding diaryl/α,β-unsaturated/α-hetero) is 3. The van der Waals surface area contributed by atoms with Gasteiger partial charge in [0.15, 0.2) is 5.78 Å². The number of nitrogens with one attached hydrogen (secondary N) is 5. The first kappa shape index (κ1) is 80.5. The molecule has 0 aromatic heterocycles. The number of carbonyl (C=O) groups is 13. The van der Waals surface area contributed by atoms with Crippen molar-refractivity contribution >= 4 is 76.7 Å². The quantitative estimate of drug-likeness (QED) is 0.0364. The third-order valence-electron chi connectivity index (χ3n) is 14.2. The Kier molecular flexibility index (Phi) is 48.7. The molecule has 0 radical (unpaired) electrons. The second-order valence-electron chi connectivity index (χ2n) is 21.8. The fourth-order valence-corrected chi connectivity index (χ4v) is 8.76. The zero-order valence-electron chi connectivity index (χ0n) is 51.3. The summed E-state index contributed by atoms with van der Waals surface area (Å²) in [6.07, 6.45) is 15.0. The maximum Gasteiger partial charge on any atom is 0.326 e. The van der Waals surface area contributed by atoms with Gasteiger partial charge in [-0.05, 0) is 64.7 Å². The Bertz CT molecular complexity index is 2070. The van der Waals surface area contributed by atoms with E-state index in [0.29, 0.717) is 38.6 Å². The van der Waals surface area contributed by atoms with Crippen molar-refractivity contribution in [2.24, 2.45) is 11.8 Å². The van der Waals surface area contributed by atoms with E-state index in [-0.39, 0.29) is 134 Å². The van der Waals surface area contributed by atoms with E-state index in [0.717, 1.165) is 51.4 Å². The highest BCUT2D eigenvalue weighted by atomic mass is 16.5. The molecular weight excluding hydrogens is 1140 g/mol. The smallest absolute Gasteiger partial charge is 0.326 e. The molecule has 0 fully saturated rings. The van der Waals surface area contributed by atoms with Crippen molar-refractivity contribution in [3.63, 3.8) is 0 Å². The molecule has 27 nitrogen and oxygen atoms in total. The van der Waals surface area contributed by atoms with E-state index in [4.69, 9.17) is 24.1 Å². The van der Waals surface area contributed by atoms with Crippen LogP contribution < -0.4 is 26.6 Å². The van der Waals surface area contributed by atoms with E-state index < -0.39 is 109 Å². The summed E-state index contributed by atoms with van der Waals surface area (Å²) in [5.41, 5.74) is 0. The summed E-state index contributed by atoms with van der Waals surface area (Å²) in [6.45, 7) is 3.74. The summed E-state index contributed by atoms with van der Waals surface area (Å²) in [7, 11) is 0. The van der Waals surface area contributed by atoms with Crippen molar-refractivity contribution in [2.45, 2.75) is 225 Å². The van der Waals surface area contributed by atoms with Gasteiger partial charge in [-0.25, -0.2) is 14.4 Å². The van der Waals surface area contributed by atoms with Gasteiger partial charge in [0, 0.05) is 77.0 Å². The third kappa shape index (κ3) is 49.3. The lowest BCUT2D eigenvalue weighted by Crippen LogP contribution is -2.43. The van der Waals surface area contributed by atoms with Crippen LogP contribution in [0.2, 0.25) is 0 Å². The highest BCUT2D eigenvalue weighted by molar-refractivity contribution is 5.88. The number of amides is 5. The highest BCUT2D eigenvalue weighted by Gasteiger charge is 2.27. The van der Waals surface area contributed by atoms with Crippen LogP contribution in [0, 0.1) is 11.8 Å². The SMILES string of the molecule is CC(=O)[C@@H](C)CCCCNC(=O)CC[C@H](NC(=O)CC[C@H](CC(=O)CC[C@H](NC(=O)COCCOCCCC(=O)COCCOCCNC(=O)CC[C@H](NC(=O)CCCCCCCCCCCCCCCCC(=O)O)C(=O)O)C(=O)O)C(=O)O)C(=O)O. The van der Waals surface area contributed by atoms with Crippen molar-refractivity contribution < 1.29 is 107 Å². The first-order valence-electron chi connectivity index (χ1n) is 30.9. The van der Waals surface area contributed by atoms with Crippen LogP contribution in [0.1, 0.15) is 206 Å². The summed E-state index contributed by atoms with van der Waals surface area (Å²) >= 11 is 0. The average Bonchev–Trinajstić information content (AvgIpc) is 3.59. The molecule has 5 atom stereocenters. The molecule has 0 aliphatic rings. The van der Waals surface area contributed by atoms with Gasteiger partial charge in [-0.2, -0.15) is 0 Å². The Morgan fingerprint density at radius 1 is 0.345 bits per heavy atom. The number of aliphatic carboxylic acids is 5. The Hall–Kier alpha value is -6.45. The molecule has 0 spiro atoms. The Labute approximate surface area is 511 Å². The second kappa shape index (κ2) is 52.7. The van der Waals surface area contributed by atoms with Gasteiger partial charge in [-0.3, -0.25) is 47.9 Å². The lowest BCUT2D eigenvalue weighted by atomic mass is 9.94. The van der Waals surface area contributed by atoms with Gasteiger partial charge >= 0.3 is 29.8 Å². The number of ether oxygens (including phenoxy) is 4. The van der Waals surface area contributed by atoms with E-state index in [2.05, 4.69) is 26.6 Å². The zero-order valence-corrected chi connectivity index (χ0v) is 51.3. The van der Waals surface area contributed by atoms with Gasteiger partial charge in [-0.15, -0.1) is 0 Å². The Morgan fingerprint density at radius 2 is 0.770 bits per heavy atom. The van der Waals surface area contributed by atoms with E-state index >= 15 is 0 Å². The fourth-order valence-electron chi connectivity index (χ4n) is 8.76. The third-order valence-corrected chi connectivity index (χ3v) is 14.2. The lowest BCUT2D eigenvalue weighted by molar-refractivity contribution is -0.145. The number of carboxylic acids is 5. The van der Waals surface area contributed by atoms with Crippen LogP contribution in [0.3, 0.4) is 0 Å². The maximum absolute atomic E-state index is 12.7. The maximum atomic E-state index is 12.7. The van der Waals surface area contributed by atoms with Crippen LogP contribution in [0.4, 0.5) is 0 Å². The molecular formula is C60H101N5O22. The van der Waals surface area contributed by atoms with Crippen LogP contribution in [-0.4, -0.2) is 186 Å². The van der Waals surface area contributed by atoms with Gasteiger partial charge < -0.3 is 71.1 Å². The van der Waals surface area contributed by atoms with Gasteiger partial charge in [0.2, 0.25) is 29.5 Å². The second-order valence-corrected chi connectivity index (χ2v) is 21.8. The van der Waals surface area contributed by atoms with Crippen molar-refractivity contribution in [3.8, 4) is 0 Å². The fraction of sp³-hybridized carbons (Fsp3) is 0.783. The standard InChI is InChI=1S/C60H101N5O22/c1-43(44(2)66)20-17-18-32-61-51(69)30-27-50(60(82)83)64-54(72)29-24-45(57(76)77)40-46(67)25-26-48(58(78)79)65-55(73)42-87-39-36-84-34-19-21-47(68)41-86-38-37-85-35-33-62-52(70)31-28-49(59(80)81)63-53(71)22-15-13-11-9-7-5-3-4-6-8-10-12-14-16-23-56(74)75/h43,45,48-50H,3-42H2,1-2H3,(H,61,69)(H,62,70)(H,63,71)(H,64,72)(H,65,73)(H,74,75)(H,76,77)(H,78,79)(H,80,81)(H,82,83)/t43-,45+,48-,49-,50-/m0/s1. The average molecular weight is 1240 g/mol. The number of carbonyl (C=O) groups excluding carboxylic acids is 8. The van der Waals surface area contributed by atoms with Crippen molar-refractivity contribution in [2.75, 3.05) is 65.9 Å². The monoisotopic (exact) mass is 1240 g/mol. The summed E-state index contributed by atoms with van der Waals surface area (Å²) in [4.78, 5) is 156. The molecule has 0 aliphatic carbocycles. The molecule has 27 heteroatoms. The number of rotatable bonds is 61. The van der Waals surface area contributed by atoms with Crippen molar-refractivity contribution in [1.82, 2.24) is 26.6 Å². The first-order chi connectivity index (χ1) is 41.5. The van der Waals surface area contributed by atoms with Gasteiger partial charge in [-0.1, -0.05) is 90.4 Å². The predicted octanol–water partition coefficient (Wildman–Crippen LogP) is 4.85. The number of hydrogen-bond acceptors (Lipinski definition) is 17.